The molecule has 0 aromatic heterocycles. The van der Waals surface area contributed by atoms with Gasteiger partial charge in [0.1, 0.15) is 0 Å². The van der Waals surface area contributed by atoms with Crippen LogP contribution in [0.1, 0.15) is 94.7 Å². The summed E-state index contributed by atoms with van der Waals surface area (Å²) in [6.45, 7) is 6.77. The molecule has 2 amide bonds. The lowest BCUT2D eigenvalue weighted by atomic mass is 9.83. The molecule has 2 aromatic carbocycles. The third-order valence-corrected chi connectivity index (χ3v) is 11.1. The molecule has 2 heterocycles. The van der Waals surface area contributed by atoms with Gasteiger partial charge in [-0.25, -0.2) is 0 Å². The SMILES string of the molecule is COCCCN(CC1CCCN2CCCCC12)C(=O)CCCCCNc1ccc2c(cc1=O)C(NC(C)=O)CCc1cc(OC)c(OC)c(OC)c1-2. The lowest BCUT2D eigenvalue weighted by molar-refractivity contribution is -0.133. The number of hydrogen-bond acceptors (Lipinski definition) is 9. The zero-order chi connectivity index (χ0) is 37.0. The molecule has 3 aliphatic rings. The van der Waals surface area contributed by atoms with Crippen molar-refractivity contribution in [3.8, 4) is 28.4 Å². The van der Waals surface area contributed by atoms with E-state index in [1.165, 1.54) is 52.1 Å². The first-order valence-electron chi connectivity index (χ1n) is 19.3. The Balaban J connectivity index is 1.24. The average Bonchev–Trinajstić information content (AvgIpc) is 3.39. The first-order chi connectivity index (χ1) is 25.3. The van der Waals surface area contributed by atoms with E-state index in [9.17, 15) is 14.4 Å². The van der Waals surface area contributed by atoms with Gasteiger partial charge in [0, 0.05) is 58.3 Å². The van der Waals surface area contributed by atoms with Crippen LogP contribution in [-0.2, 0) is 20.7 Å². The summed E-state index contributed by atoms with van der Waals surface area (Å²) in [6, 6.07) is 7.59. The number of benzene rings is 1. The van der Waals surface area contributed by atoms with Gasteiger partial charge in [-0.1, -0.05) is 18.9 Å². The van der Waals surface area contributed by atoms with Crippen LogP contribution in [0.3, 0.4) is 0 Å². The Morgan fingerprint density at radius 3 is 2.46 bits per heavy atom. The van der Waals surface area contributed by atoms with E-state index in [4.69, 9.17) is 18.9 Å². The quantitative estimate of drug-likeness (QED) is 0.191. The van der Waals surface area contributed by atoms with E-state index in [1.807, 2.05) is 18.2 Å². The second-order valence-electron chi connectivity index (χ2n) is 14.5. The van der Waals surface area contributed by atoms with Gasteiger partial charge in [-0.3, -0.25) is 14.4 Å². The van der Waals surface area contributed by atoms with Crippen LogP contribution in [0.4, 0.5) is 5.69 Å². The molecule has 2 saturated heterocycles. The highest BCUT2D eigenvalue weighted by Crippen LogP contribution is 2.50. The van der Waals surface area contributed by atoms with Crippen LogP contribution >= 0.6 is 0 Å². The van der Waals surface area contributed by atoms with Crippen molar-refractivity contribution >= 4 is 17.5 Å². The number of amides is 2. The number of hydrogen-bond donors (Lipinski definition) is 2. The minimum absolute atomic E-state index is 0.152. The standard InChI is InChI=1S/C41H60N4O7/c1-28(46)43-33-18-16-29-25-37(50-3)40(51-4)41(52-5)39(29)31-17-19-34(36(47)26-32(31)33)42-20-9-6-7-15-38(48)45(23-12-24-49-2)27-30-13-11-22-44-21-10-8-14-35(30)44/h17,19,25-26,30,33,35H,6-16,18,20-24,27H2,1-5H3,(H,42,47)(H,43,46). The molecule has 0 spiro atoms. The zero-order valence-corrected chi connectivity index (χ0v) is 32.0. The Morgan fingerprint density at radius 2 is 1.71 bits per heavy atom. The van der Waals surface area contributed by atoms with Crippen LogP contribution in [-0.4, -0.2) is 95.4 Å². The van der Waals surface area contributed by atoms with E-state index in [0.717, 1.165) is 61.0 Å². The average molecular weight is 721 g/mol. The van der Waals surface area contributed by atoms with E-state index in [2.05, 4.69) is 20.4 Å². The van der Waals surface area contributed by atoms with Crippen molar-refractivity contribution in [2.75, 3.05) is 73.1 Å². The Morgan fingerprint density at radius 1 is 0.904 bits per heavy atom. The van der Waals surface area contributed by atoms with Crippen molar-refractivity contribution in [1.82, 2.24) is 15.1 Å². The lowest BCUT2D eigenvalue weighted by Crippen LogP contribution is -2.51. The highest BCUT2D eigenvalue weighted by Gasteiger charge is 2.35. The first-order valence-corrected chi connectivity index (χ1v) is 19.3. The molecule has 3 atom stereocenters. The molecule has 11 nitrogen and oxygen atoms in total. The van der Waals surface area contributed by atoms with Crippen LogP contribution in [0, 0.1) is 5.92 Å². The minimum Gasteiger partial charge on any atom is -0.493 e. The third kappa shape index (κ3) is 9.58. The molecule has 0 saturated carbocycles. The Labute approximate surface area is 309 Å². The number of methoxy groups -OCH3 is 4. The summed E-state index contributed by atoms with van der Waals surface area (Å²) in [4.78, 5) is 44.2. The van der Waals surface area contributed by atoms with Crippen molar-refractivity contribution in [3.63, 3.8) is 0 Å². The number of fused-ring (bicyclic) bond motifs is 4. The number of carbonyl (C=O) groups is 2. The molecule has 0 radical (unpaired) electrons. The van der Waals surface area contributed by atoms with Gasteiger partial charge in [-0.05, 0) is 112 Å². The summed E-state index contributed by atoms with van der Waals surface area (Å²) in [7, 11) is 6.48. The molecular formula is C41H60N4O7. The Kier molecular flexibility index (Phi) is 14.6. The Bertz CT molecular complexity index is 1580. The molecule has 5 rings (SSSR count). The molecule has 1 aliphatic carbocycles. The van der Waals surface area contributed by atoms with Crippen LogP contribution in [0.5, 0.6) is 17.2 Å². The van der Waals surface area contributed by atoms with Crippen LogP contribution in [0.25, 0.3) is 11.1 Å². The van der Waals surface area contributed by atoms with Crippen LogP contribution < -0.4 is 30.3 Å². The van der Waals surface area contributed by atoms with Gasteiger partial charge < -0.3 is 39.4 Å². The topological polar surface area (TPSA) is 119 Å². The number of nitrogens with one attached hydrogen (secondary N) is 2. The molecular weight excluding hydrogens is 660 g/mol. The van der Waals surface area contributed by atoms with Crippen molar-refractivity contribution in [3.05, 3.63) is 45.6 Å². The molecule has 286 valence electrons. The van der Waals surface area contributed by atoms with E-state index >= 15 is 0 Å². The van der Waals surface area contributed by atoms with Gasteiger partial charge in [-0.15, -0.1) is 0 Å². The highest BCUT2D eigenvalue weighted by molar-refractivity contribution is 5.83. The van der Waals surface area contributed by atoms with Crippen molar-refractivity contribution < 1.29 is 28.5 Å². The fraction of sp³-hybridized carbons (Fsp3) is 0.634. The lowest BCUT2D eigenvalue weighted by Gasteiger charge is -2.45. The van der Waals surface area contributed by atoms with E-state index in [-0.39, 0.29) is 23.3 Å². The summed E-state index contributed by atoms with van der Waals surface area (Å²) >= 11 is 0. The minimum atomic E-state index is -0.360. The van der Waals surface area contributed by atoms with Crippen LogP contribution in [0.2, 0.25) is 0 Å². The largest absolute Gasteiger partial charge is 0.493 e. The maximum atomic E-state index is 13.7. The van der Waals surface area contributed by atoms with Gasteiger partial charge in [-0.2, -0.15) is 0 Å². The van der Waals surface area contributed by atoms with Crippen molar-refractivity contribution in [1.29, 1.82) is 0 Å². The maximum Gasteiger partial charge on any atom is 0.222 e. The molecule has 0 bridgehead atoms. The maximum absolute atomic E-state index is 13.7. The molecule has 11 heteroatoms. The van der Waals surface area contributed by atoms with Gasteiger partial charge in [0.05, 0.1) is 33.1 Å². The van der Waals surface area contributed by atoms with Gasteiger partial charge in [0.2, 0.25) is 23.0 Å². The molecule has 2 N–H and O–H groups in total. The number of carbonyl (C=O) groups excluding carboxylic acids is 2. The van der Waals surface area contributed by atoms with Gasteiger partial charge in [0.15, 0.2) is 11.5 Å². The molecule has 3 unspecified atom stereocenters. The molecule has 2 aliphatic heterocycles. The fourth-order valence-corrected chi connectivity index (χ4v) is 8.60. The smallest absolute Gasteiger partial charge is 0.222 e. The van der Waals surface area contributed by atoms with E-state index < -0.39 is 0 Å². The number of nitrogens with zero attached hydrogens (tertiary/aromatic N) is 2. The first kappa shape index (κ1) is 39.4. The zero-order valence-electron chi connectivity index (χ0n) is 32.0. The summed E-state index contributed by atoms with van der Waals surface area (Å²) in [5, 5.41) is 6.42. The molecule has 52 heavy (non-hydrogen) atoms. The predicted octanol–water partition coefficient (Wildman–Crippen LogP) is 5.96. The summed E-state index contributed by atoms with van der Waals surface area (Å²) < 4.78 is 22.5. The fourth-order valence-electron chi connectivity index (χ4n) is 8.60. The van der Waals surface area contributed by atoms with Gasteiger partial charge in [0.25, 0.3) is 0 Å². The second kappa shape index (κ2) is 19.3. The molecule has 2 aromatic rings. The highest BCUT2D eigenvalue weighted by atomic mass is 16.5. The number of ether oxygens (including phenoxy) is 4. The Hall–Kier alpha value is -3.83. The summed E-state index contributed by atoms with van der Waals surface area (Å²) in [5.41, 5.74) is 3.67. The monoisotopic (exact) mass is 720 g/mol. The second-order valence-corrected chi connectivity index (χ2v) is 14.5. The van der Waals surface area contributed by atoms with E-state index in [1.54, 1.807) is 34.5 Å². The normalized spacial score (nSPS) is 19.7. The summed E-state index contributed by atoms with van der Waals surface area (Å²) in [5.74, 6) is 2.20. The van der Waals surface area contributed by atoms with Crippen molar-refractivity contribution in [2.45, 2.75) is 96.1 Å². The number of rotatable bonds is 17. The van der Waals surface area contributed by atoms with Crippen molar-refractivity contribution in [2.24, 2.45) is 5.92 Å². The predicted molar refractivity (Wildman–Crippen MR) is 205 cm³/mol. The van der Waals surface area contributed by atoms with Gasteiger partial charge >= 0.3 is 0 Å². The number of piperidine rings is 2. The van der Waals surface area contributed by atoms with E-state index in [0.29, 0.717) is 67.3 Å². The number of unbranched alkanes of at least 4 members (excludes halogenated alkanes) is 2. The number of anilines is 1. The number of aryl methyl sites for hydroxylation is 1. The van der Waals surface area contributed by atoms with Crippen LogP contribution in [0.15, 0.2) is 29.1 Å². The summed E-state index contributed by atoms with van der Waals surface area (Å²) in [6.07, 6.45) is 11.4. The third-order valence-electron chi connectivity index (χ3n) is 11.1. The molecule has 2 fully saturated rings.